The van der Waals surface area contributed by atoms with Crippen molar-refractivity contribution in [3.05, 3.63) is 66.6 Å². The molecule has 0 atom stereocenters. The molecule has 106 valence electrons. The van der Waals surface area contributed by atoms with Crippen LogP contribution in [0.3, 0.4) is 0 Å². The smallest absolute Gasteiger partial charge is 0.0546 e. The fourth-order valence-electron chi connectivity index (χ4n) is 2.52. The lowest BCUT2D eigenvalue weighted by Crippen LogP contribution is -2.08. The Morgan fingerprint density at radius 1 is 0.952 bits per heavy atom. The number of hydrogen-bond donors (Lipinski definition) is 0. The van der Waals surface area contributed by atoms with Crippen LogP contribution in [0.15, 0.2) is 60.9 Å². The van der Waals surface area contributed by atoms with E-state index in [1.54, 1.807) is 6.20 Å². The van der Waals surface area contributed by atoms with Crippen LogP contribution in [-0.4, -0.2) is 23.6 Å². The van der Waals surface area contributed by atoms with Crippen molar-refractivity contribution in [1.29, 1.82) is 0 Å². The molecule has 0 bridgehead atoms. The predicted molar refractivity (Wildman–Crippen MR) is 88.1 cm³/mol. The normalized spacial score (nSPS) is 10.6. The van der Waals surface area contributed by atoms with E-state index in [9.17, 15) is 0 Å². The molecule has 0 aliphatic heterocycles. The summed E-state index contributed by atoms with van der Waals surface area (Å²) in [5.41, 5.74) is 5.88. The summed E-state index contributed by atoms with van der Waals surface area (Å²) in [6.45, 7) is 2.12. The Balaban J connectivity index is 2.08. The Morgan fingerprint density at radius 3 is 2.33 bits per heavy atom. The summed E-state index contributed by atoms with van der Waals surface area (Å²) in [6.07, 6.45) is 3.70. The van der Waals surface area contributed by atoms with Crippen LogP contribution in [0.5, 0.6) is 0 Å². The monoisotopic (exact) mass is 277 g/mol. The number of rotatable bonds is 3. The second-order valence-electron chi connectivity index (χ2n) is 5.35. The fraction of sp³-hybridized carbons (Fsp3) is 0.167. The van der Waals surface area contributed by atoms with Gasteiger partial charge in [0.1, 0.15) is 0 Å². The van der Waals surface area contributed by atoms with E-state index in [1.807, 2.05) is 12.3 Å². The van der Waals surface area contributed by atoms with Crippen molar-refractivity contribution in [3.63, 3.8) is 0 Å². The maximum atomic E-state index is 4.22. The minimum Gasteiger partial charge on any atom is -0.378 e. The quantitative estimate of drug-likeness (QED) is 0.723. The highest BCUT2D eigenvalue weighted by Gasteiger charge is 2.09. The molecule has 0 spiro atoms. The molecule has 0 N–H and O–H groups in total. The van der Waals surface area contributed by atoms with Gasteiger partial charge in [0.15, 0.2) is 0 Å². The van der Waals surface area contributed by atoms with Gasteiger partial charge in [-0.05, 0) is 55.5 Å². The molecule has 3 nitrogen and oxygen atoms in total. The second-order valence-corrected chi connectivity index (χ2v) is 5.35. The summed E-state index contributed by atoms with van der Waals surface area (Å²) in [5.74, 6) is 0. The van der Waals surface area contributed by atoms with Gasteiger partial charge >= 0.3 is 0 Å². The highest BCUT2D eigenvalue weighted by atomic mass is 15.1. The summed E-state index contributed by atoms with van der Waals surface area (Å²) in [7, 11) is 4.11. The molecule has 1 aromatic carbocycles. The van der Waals surface area contributed by atoms with E-state index in [-0.39, 0.29) is 0 Å². The molecule has 21 heavy (non-hydrogen) atoms. The number of nitrogens with zero attached hydrogens (tertiary/aromatic N) is 3. The average Bonchev–Trinajstić information content (AvgIpc) is 2.90. The number of hydrogen-bond acceptors (Lipinski definition) is 2. The van der Waals surface area contributed by atoms with Gasteiger partial charge in [0.2, 0.25) is 0 Å². The van der Waals surface area contributed by atoms with E-state index in [0.717, 1.165) is 5.56 Å². The standard InChI is InChI=1S/C18H19N3/c1-14-6-11-18(15-5-4-12-19-13-15)21(14)17-9-7-16(8-10-17)20(2)3/h4-13H,1-3H3. The minimum atomic E-state index is 1.13. The van der Waals surface area contributed by atoms with Crippen LogP contribution in [0.4, 0.5) is 5.69 Å². The van der Waals surface area contributed by atoms with Crippen LogP contribution in [-0.2, 0) is 0 Å². The van der Waals surface area contributed by atoms with Gasteiger partial charge in [-0.15, -0.1) is 0 Å². The van der Waals surface area contributed by atoms with Crippen LogP contribution < -0.4 is 4.90 Å². The lowest BCUT2D eigenvalue weighted by Gasteiger charge is -2.15. The highest BCUT2D eigenvalue weighted by molar-refractivity contribution is 5.64. The van der Waals surface area contributed by atoms with Crippen molar-refractivity contribution >= 4 is 5.69 Å². The molecule has 0 saturated heterocycles. The number of anilines is 1. The van der Waals surface area contributed by atoms with Crippen LogP contribution in [0.2, 0.25) is 0 Å². The zero-order chi connectivity index (χ0) is 14.8. The average molecular weight is 277 g/mol. The highest BCUT2D eigenvalue weighted by Crippen LogP contribution is 2.26. The molecule has 0 amide bonds. The van der Waals surface area contributed by atoms with Crippen LogP contribution >= 0.6 is 0 Å². The molecule has 0 unspecified atom stereocenters. The van der Waals surface area contributed by atoms with Gasteiger partial charge in [-0.3, -0.25) is 4.98 Å². The van der Waals surface area contributed by atoms with E-state index < -0.39 is 0 Å². The van der Waals surface area contributed by atoms with Gasteiger partial charge in [0, 0.05) is 49.1 Å². The van der Waals surface area contributed by atoms with Crippen molar-refractivity contribution in [3.8, 4) is 16.9 Å². The molecule has 0 aliphatic carbocycles. The van der Waals surface area contributed by atoms with Crippen molar-refractivity contribution in [2.45, 2.75) is 6.92 Å². The zero-order valence-corrected chi connectivity index (χ0v) is 12.6. The van der Waals surface area contributed by atoms with E-state index in [0.29, 0.717) is 0 Å². The van der Waals surface area contributed by atoms with Gasteiger partial charge in [-0.2, -0.15) is 0 Å². The summed E-state index contributed by atoms with van der Waals surface area (Å²) in [4.78, 5) is 6.33. The SMILES string of the molecule is Cc1ccc(-c2cccnc2)n1-c1ccc(N(C)C)cc1. The topological polar surface area (TPSA) is 21.1 Å². The molecular formula is C18H19N3. The number of aryl methyl sites for hydroxylation is 1. The molecule has 3 aromatic rings. The number of pyridine rings is 1. The van der Waals surface area contributed by atoms with Crippen molar-refractivity contribution in [2.24, 2.45) is 0 Å². The molecule has 2 aromatic heterocycles. The third-order valence-corrected chi connectivity index (χ3v) is 3.66. The molecular weight excluding hydrogens is 258 g/mol. The van der Waals surface area contributed by atoms with Crippen molar-refractivity contribution in [2.75, 3.05) is 19.0 Å². The number of aromatic nitrogens is 2. The molecule has 3 rings (SSSR count). The maximum Gasteiger partial charge on any atom is 0.0546 e. The Hall–Kier alpha value is -2.55. The molecule has 0 fully saturated rings. The third-order valence-electron chi connectivity index (χ3n) is 3.66. The van der Waals surface area contributed by atoms with Crippen molar-refractivity contribution < 1.29 is 0 Å². The Bertz CT molecular complexity index is 725. The molecule has 0 aliphatic rings. The van der Waals surface area contributed by atoms with Crippen LogP contribution in [0.25, 0.3) is 16.9 Å². The molecule has 3 heteroatoms. The summed E-state index contributed by atoms with van der Waals surface area (Å²) < 4.78 is 2.26. The van der Waals surface area contributed by atoms with Crippen LogP contribution in [0, 0.1) is 6.92 Å². The lowest BCUT2D eigenvalue weighted by molar-refractivity contribution is 1.02. The second kappa shape index (κ2) is 5.44. The van der Waals surface area contributed by atoms with E-state index in [1.165, 1.54) is 22.8 Å². The Kier molecular flexibility index (Phi) is 3.48. The van der Waals surface area contributed by atoms with Crippen LogP contribution in [0.1, 0.15) is 5.69 Å². The first kappa shape index (κ1) is 13.4. The first-order chi connectivity index (χ1) is 10.2. The summed E-state index contributed by atoms with van der Waals surface area (Å²) >= 11 is 0. The van der Waals surface area contributed by atoms with Gasteiger partial charge in [-0.25, -0.2) is 0 Å². The van der Waals surface area contributed by atoms with Crippen molar-refractivity contribution in [1.82, 2.24) is 9.55 Å². The predicted octanol–water partition coefficient (Wildman–Crippen LogP) is 3.91. The van der Waals surface area contributed by atoms with Gasteiger partial charge in [-0.1, -0.05) is 0 Å². The lowest BCUT2D eigenvalue weighted by atomic mass is 10.2. The maximum absolute atomic E-state index is 4.22. The van der Waals surface area contributed by atoms with Gasteiger partial charge in [0.25, 0.3) is 0 Å². The zero-order valence-electron chi connectivity index (χ0n) is 12.6. The molecule has 0 saturated carbocycles. The first-order valence-electron chi connectivity index (χ1n) is 7.03. The summed E-state index contributed by atoms with van der Waals surface area (Å²) in [5, 5.41) is 0. The fourth-order valence-corrected chi connectivity index (χ4v) is 2.52. The summed E-state index contributed by atoms with van der Waals surface area (Å²) in [6, 6.07) is 16.9. The van der Waals surface area contributed by atoms with E-state index in [2.05, 4.69) is 77.9 Å². The van der Waals surface area contributed by atoms with E-state index >= 15 is 0 Å². The van der Waals surface area contributed by atoms with Gasteiger partial charge < -0.3 is 9.47 Å². The molecule has 2 heterocycles. The Morgan fingerprint density at radius 2 is 1.71 bits per heavy atom. The third kappa shape index (κ3) is 2.55. The Labute approximate surface area is 125 Å². The largest absolute Gasteiger partial charge is 0.378 e. The minimum absolute atomic E-state index is 1.13. The molecule has 0 radical (unpaired) electrons. The number of benzene rings is 1. The van der Waals surface area contributed by atoms with Gasteiger partial charge in [0.05, 0.1) is 5.69 Å². The first-order valence-corrected chi connectivity index (χ1v) is 7.03. The van der Waals surface area contributed by atoms with E-state index in [4.69, 9.17) is 0 Å².